The van der Waals surface area contributed by atoms with Crippen molar-refractivity contribution in [2.45, 2.75) is 18.9 Å². The van der Waals surface area contributed by atoms with Crippen molar-refractivity contribution in [3.8, 4) is 0 Å². The first kappa shape index (κ1) is 11.4. The molecule has 1 aliphatic heterocycles. The van der Waals surface area contributed by atoms with Gasteiger partial charge in [0.2, 0.25) is 11.0 Å². The van der Waals surface area contributed by atoms with E-state index < -0.39 is 0 Å². The third-order valence-corrected chi connectivity index (χ3v) is 2.89. The summed E-state index contributed by atoms with van der Waals surface area (Å²) in [6.45, 7) is 1.84. The van der Waals surface area contributed by atoms with Crippen LogP contribution in [0.5, 0.6) is 0 Å². The molecule has 1 fully saturated rings. The van der Waals surface area contributed by atoms with Gasteiger partial charge in [-0.3, -0.25) is 10.1 Å². The molecule has 1 unspecified atom stereocenters. The Kier molecular flexibility index (Phi) is 4.20. The Labute approximate surface area is 97.4 Å². The van der Waals surface area contributed by atoms with E-state index in [1.807, 2.05) is 0 Å². The molecular formula is C9H14N4O2S. The zero-order chi connectivity index (χ0) is 11.2. The van der Waals surface area contributed by atoms with E-state index in [-0.39, 0.29) is 18.6 Å². The second kappa shape index (κ2) is 5.88. The number of hydrogen-bond donors (Lipinski definition) is 2. The number of amides is 1. The van der Waals surface area contributed by atoms with Crippen molar-refractivity contribution in [2.75, 3.05) is 25.0 Å². The lowest BCUT2D eigenvalue weighted by Crippen LogP contribution is -2.33. The minimum Gasteiger partial charge on any atom is -0.377 e. The Balaban J connectivity index is 1.60. The summed E-state index contributed by atoms with van der Waals surface area (Å²) in [5.74, 6) is -0.102. The fourth-order valence-electron chi connectivity index (χ4n) is 1.54. The van der Waals surface area contributed by atoms with Gasteiger partial charge in [-0.2, -0.15) is 0 Å². The molecule has 1 aliphatic rings. The van der Waals surface area contributed by atoms with E-state index in [9.17, 15) is 4.79 Å². The van der Waals surface area contributed by atoms with Crippen molar-refractivity contribution in [3.05, 3.63) is 5.51 Å². The third-order valence-electron chi connectivity index (χ3n) is 2.29. The van der Waals surface area contributed by atoms with Crippen molar-refractivity contribution >= 4 is 22.4 Å². The lowest BCUT2D eigenvalue weighted by Gasteiger charge is -2.09. The topological polar surface area (TPSA) is 76.1 Å². The van der Waals surface area contributed by atoms with Crippen molar-refractivity contribution < 1.29 is 9.53 Å². The van der Waals surface area contributed by atoms with Gasteiger partial charge in [-0.05, 0) is 12.8 Å². The normalized spacial score (nSPS) is 19.9. The summed E-state index contributed by atoms with van der Waals surface area (Å²) in [6.07, 6.45) is 2.45. The number of anilines is 1. The molecule has 1 atom stereocenters. The summed E-state index contributed by atoms with van der Waals surface area (Å²) in [5.41, 5.74) is 1.58. The van der Waals surface area contributed by atoms with Crippen LogP contribution in [0.4, 0.5) is 5.13 Å². The zero-order valence-electron chi connectivity index (χ0n) is 8.81. The molecule has 1 amide bonds. The number of ether oxygens (including phenoxy) is 1. The van der Waals surface area contributed by atoms with Crippen LogP contribution in [0.15, 0.2) is 5.51 Å². The van der Waals surface area contributed by atoms with Gasteiger partial charge in [0.25, 0.3) is 0 Å². The van der Waals surface area contributed by atoms with Gasteiger partial charge in [-0.25, -0.2) is 0 Å². The second-order valence-electron chi connectivity index (χ2n) is 3.56. The van der Waals surface area contributed by atoms with Crippen molar-refractivity contribution in [1.82, 2.24) is 15.5 Å². The van der Waals surface area contributed by atoms with E-state index >= 15 is 0 Å². The molecule has 0 saturated carbocycles. The third kappa shape index (κ3) is 3.51. The Morgan fingerprint density at radius 2 is 2.62 bits per heavy atom. The largest absolute Gasteiger partial charge is 0.377 e. The Bertz CT molecular complexity index is 324. The summed E-state index contributed by atoms with van der Waals surface area (Å²) >= 11 is 1.30. The highest BCUT2D eigenvalue weighted by Crippen LogP contribution is 2.10. The number of carbonyl (C=O) groups is 1. The molecule has 88 valence electrons. The van der Waals surface area contributed by atoms with Gasteiger partial charge < -0.3 is 10.1 Å². The smallest absolute Gasteiger partial charge is 0.240 e. The minimum absolute atomic E-state index is 0.102. The first-order chi connectivity index (χ1) is 7.84. The van der Waals surface area contributed by atoms with Gasteiger partial charge in [-0.1, -0.05) is 11.3 Å². The predicted molar refractivity (Wildman–Crippen MR) is 60.4 cm³/mol. The van der Waals surface area contributed by atoms with E-state index in [1.54, 1.807) is 5.51 Å². The molecule has 0 aromatic carbocycles. The molecule has 1 aromatic rings. The Morgan fingerprint density at radius 3 is 3.31 bits per heavy atom. The summed E-state index contributed by atoms with van der Waals surface area (Å²) in [6, 6.07) is 0. The number of aromatic nitrogens is 2. The minimum atomic E-state index is -0.102. The molecule has 7 heteroatoms. The average molecular weight is 242 g/mol. The molecule has 1 aromatic heterocycles. The zero-order valence-corrected chi connectivity index (χ0v) is 9.63. The van der Waals surface area contributed by atoms with E-state index in [0.29, 0.717) is 5.13 Å². The molecule has 6 nitrogen and oxygen atoms in total. The van der Waals surface area contributed by atoms with Crippen LogP contribution in [0.1, 0.15) is 12.8 Å². The average Bonchev–Trinajstić information content (AvgIpc) is 2.90. The first-order valence-electron chi connectivity index (χ1n) is 5.23. The monoisotopic (exact) mass is 242 g/mol. The molecule has 0 bridgehead atoms. The van der Waals surface area contributed by atoms with E-state index in [4.69, 9.17) is 4.74 Å². The summed E-state index contributed by atoms with van der Waals surface area (Å²) in [5, 5.41) is 13.6. The van der Waals surface area contributed by atoms with E-state index in [0.717, 1.165) is 26.0 Å². The molecule has 0 radical (unpaired) electrons. The number of nitrogens with zero attached hydrogens (tertiary/aromatic N) is 2. The summed E-state index contributed by atoms with van der Waals surface area (Å²) in [7, 11) is 0. The first-order valence-corrected chi connectivity index (χ1v) is 6.11. The highest BCUT2D eigenvalue weighted by molar-refractivity contribution is 7.13. The molecule has 1 saturated heterocycles. The molecule has 0 spiro atoms. The number of carbonyl (C=O) groups excluding carboxylic acids is 1. The van der Waals surface area contributed by atoms with Crippen LogP contribution in [0.2, 0.25) is 0 Å². The highest BCUT2D eigenvalue weighted by atomic mass is 32.1. The molecule has 2 heterocycles. The van der Waals surface area contributed by atoms with Gasteiger partial charge in [-0.15, -0.1) is 10.2 Å². The fourth-order valence-corrected chi connectivity index (χ4v) is 2.00. The molecule has 2 rings (SSSR count). The number of hydrogen-bond acceptors (Lipinski definition) is 6. The summed E-state index contributed by atoms with van der Waals surface area (Å²) in [4.78, 5) is 11.4. The molecule has 16 heavy (non-hydrogen) atoms. The van der Waals surface area contributed by atoms with Crippen LogP contribution in [0.25, 0.3) is 0 Å². The van der Waals surface area contributed by atoms with Crippen molar-refractivity contribution in [2.24, 2.45) is 0 Å². The van der Waals surface area contributed by atoms with Crippen molar-refractivity contribution in [1.29, 1.82) is 0 Å². The Morgan fingerprint density at radius 1 is 1.69 bits per heavy atom. The van der Waals surface area contributed by atoms with Gasteiger partial charge in [0.15, 0.2) is 0 Å². The standard InChI is InChI=1S/C9H14N4O2S/c14-8(12-9-13-11-6-16-9)5-10-4-7-2-1-3-15-7/h6-7,10H,1-5H2,(H,12,13,14). The van der Waals surface area contributed by atoms with Crippen molar-refractivity contribution in [3.63, 3.8) is 0 Å². The van der Waals surface area contributed by atoms with Gasteiger partial charge in [0.1, 0.15) is 5.51 Å². The lowest BCUT2D eigenvalue weighted by molar-refractivity contribution is -0.115. The van der Waals surface area contributed by atoms with Gasteiger partial charge >= 0.3 is 0 Å². The quantitative estimate of drug-likeness (QED) is 0.774. The molecular weight excluding hydrogens is 228 g/mol. The van der Waals surface area contributed by atoms with Crippen LogP contribution in [-0.4, -0.2) is 41.9 Å². The van der Waals surface area contributed by atoms with Gasteiger partial charge in [0, 0.05) is 13.2 Å². The lowest BCUT2D eigenvalue weighted by atomic mass is 10.2. The van der Waals surface area contributed by atoms with E-state index in [1.165, 1.54) is 11.3 Å². The number of nitrogens with one attached hydrogen (secondary N) is 2. The van der Waals surface area contributed by atoms with Crippen LogP contribution < -0.4 is 10.6 Å². The van der Waals surface area contributed by atoms with Crippen LogP contribution in [0.3, 0.4) is 0 Å². The Hall–Kier alpha value is -1.05. The van der Waals surface area contributed by atoms with Crippen LogP contribution >= 0.6 is 11.3 Å². The van der Waals surface area contributed by atoms with E-state index in [2.05, 4.69) is 20.8 Å². The second-order valence-corrected chi connectivity index (χ2v) is 4.39. The number of rotatable bonds is 5. The SMILES string of the molecule is O=C(CNCC1CCCO1)Nc1nncs1. The maximum atomic E-state index is 11.4. The van der Waals surface area contributed by atoms with Crippen LogP contribution in [-0.2, 0) is 9.53 Å². The fraction of sp³-hybridized carbons (Fsp3) is 0.667. The molecule has 2 N–H and O–H groups in total. The predicted octanol–water partition coefficient (Wildman–Crippen LogP) is 0.245. The molecule has 0 aliphatic carbocycles. The maximum absolute atomic E-state index is 11.4. The summed E-state index contributed by atoms with van der Waals surface area (Å²) < 4.78 is 5.43. The highest BCUT2D eigenvalue weighted by Gasteiger charge is 2.15. The maximum Gasteiger partial charge on any atom is 0.240 e. The van der Waals surface area contributed by atoms with Gasteiger partial charge in [0.05, 0.1) is 12.6 Å². The van der Waals surface area contributed by atoms with Crippen LogP contribution in [0, 0.1) is 0 Å².